The van der Waals surface area contributed by atoms with Crippen LogP contribution in [-0.2, 0) is 9.47 Å². The minimum absolute atomic E-state index is 0.0683. The van der Waals surface area contributed by atoms with Crippen LogP contribution in [0.2, 0.25) is 0 Å². The molecular weight excluding hydrogens is 244 g/mol. The van der Waals surface area contributed by atoms with E-state index in [0.29, 0.717) is 10.6 Å². The molecule has 0 spiro atoms. The lowest BCUT2D eigenvalue weighted by molar-refractivity contribution is -0.0466. The van der Waals surface area contributed by atoms with Gasteiger partial charge in [-0.3, -0.25) is 0 Å². The first-order valence-electron chi connectivity index (χ1n) is 6.35. The van der Waals surface area contributed by atoms with E-state index in [-0.39, 0.29) is 6.29 Å². The van der Waals surface area contributed by atoms with Gasteiger partial charge >= 0.3 is 0 Å². The van der Waals surface area contributed by atoms with Crippen LogP contribution >= 0.6 is 23.4 Å². The fourth-order valence-corrected chi connectivity index (χ4v) is 4.11. The van der Waals surface area contributed by atoms with Crippen molar-refractivity contribution in [3.05, 3.63) is 0 Å². The van der Waals surface area contributed by atoms with E-state index >= 15 is 0 Å². The number of alkyl halides is 1. The third kappa shape index (κ3) is 4.10. The van der Waals surface area contributed by atoms with E-state index in [2.05, 4.69) is 0 Å². The van der Waals surface area contributed by atoms with Crippen molar-refractivity contribution in [2.75, 3.05) is 19.0 Å². The fraction of sp³-hybridized carbons (Fsp3) is 1.00. The molecule has 2 aliphatic rings. The first kappa shape index (κ1) is 13.0. The van der Waals surface area contributed by atoms with Gasteiger partial charge in [0.2, 0.25) is 0 Å². The highest BCUT2D eigenvalue weighted by atomic mass is 35.5. The average molecular weight is 265 g/mol. The maximum atomic E-state index is 6.32. The zero-order valence-corrected chi connectivity index (χ0v) is 11.3. The second-order valence-electron chi connectivity index (χ2n) is 4.52. The van der Waals surface area contributed by atoms with E-state index in [4.69, 9.17) is 21.1 Å². The van der Waals surface area contributed by atoms with Gasteiger partial charge in [-0.25, -0.2) is 0 Å². The van der Waals surface area contributed by atoms with Crippen molar-refractivity contribution in [1.29, 1.82) is 0 Å². The Balaban J connectivity index is 1.53. The lowest BCUT2D eigenvalue weighted by Gasteiger charge is -2.26. The molecule has 94 valence electrons. The van der Waals surface area contributed by atoms with Gasteiger partial charge in [0.1, 0.15) is 0 Å². The third-order valence-corrected chi connectivity index (χ3v) is 5.42. The Morgan fingerprint density at radius 3 is 2.62 bits per heavy atom. The highest BCUT2D eigenvalue weighted by Crippen LogP contribution is 2.32. The van der Waals surface area contributed by atoms with Gasteiger partial charge in [0.05, 0.1) is 13.2 Å². The van der Waals surface area contributed by atoms with Crippen molar-refractivity contribution in [3.63, 3.8) is 0 Å². The summed E-state index contributed by atoms with van der Waals surface area (Å²) in [5.41, 5.74) is 0. The van der Waals surface area contributed by atoms with Crippen molar-refractivity contribution < 1.29 is 9.47 Å². The molecule has 2 atom stereocenters. The van der Waals surface area contributed by atoms with E-state index in [1.165, 1.54) is 37.9 Å². The molecule has 0 N–H and O–H groups in total. The monoisotopic (exact) mass is 264 g/mol. The molecule has 2 unspecified atom stereocenters. The molecule has 1 saturated heterocycles. The average Bonchev–Trinajstić information content (AvgIpc) is 2.79. The number of halogens is 1. The number of thioether (sulfide) groups is 1. The van der Waals surface area contributed by atoms with Crippen LogP contribution in [0.1, 0.15) is 38.5 Å². The van der Waals surface area contributed by atoms with Crippen LogP contribution in [-0.4, -0.2) is 35.9 Å². The summed E-state index contributed by atoms with van der Waals surface area (Å²) in [5.74, 6) is 1.19. The van der Waals surface area contributed by atoms with E-state index < -0.39 is 0 Å². The molecular formula is C12H21ClO2S. The van der Waals surface area contributed by atoms with E-state index in [1.807, 2.05) is 11.8 Å². The Morgan fingerprint density at radius 1 is 1.12 bits per heavy atom. The van der Waals surface area contributed by atoms with Crippen LogP contribution < -0.4 is 0 Å². The molecule has 1 heterocycles. The van der Waals surface area contributed by atoms with E-state index in [9.17, 15) is 0 Å². The second-order valence-corrected chi connectivity index (χ2v) is 6.43. The maximum Gasteiger partial charge on any atom is 0.157 e. The fourth-order valence-electron chi connectivity index (χ4n) is 2.30. The lowest BCUT2D eigenvalue weighted by Crippen LogP contribution is -2.22. The number of hydrogen-bond donors (Lipinski definition) is 0. The van der Waals surface area contributed by atoms with Crippen LogP contribution in [0.4, 0.5) is 0 Å². The highest BCUT2D eigenvalue weighted by Gasteiger charge is 2.23. The van der Waals surface area contributed by atoms with Gasteiger partial charge in [0.15, 0.2) is 6.29 Å². The summed E-state index contributed by atoms with van der Waals surface area (Å²) in [7, 11) is 0. The van der Waals surface area contributed by atoms with Gasteiger partial charge in [0.25, 0.3) is 0 Å². The van der Waals surface area contributed by atoms with Crippen molar-refractivity contribution in [1.82, 2.24) is 0 Å². The molecule has 2 nitrogen and oxygen atoms in total. The van der Waals surface area contributed by atoms with Crippen molar-refractivity contribution in [2.24, 2.45) is 0 Å². The predicted molar refractivity (Wildman–Crippen MR) is 69.3 cm³/mol. The molecule has 0 aromatic carbocycles. The summed E-state index contributed by atoms with van der Waals surface area (Å²) >= 11 is 8.36. The first-order valence-corrected chi connectivity index (χ1v) is 7.83. The van der Waals surface area contributed by atoms with Gasteiger partial charge in [-0.1, -0.05) is 12.8 Å². The van der Waals surface area contributed by atoms with Crippen LogP contribution in [0.25, 0.3) is 0 Å². The zero-order valence-electron chi connectivity index (χ0n) is 9.70. The Hall–Kier alpha value is 0.560. The SMILES string of the molecule is ClC1CCCCC1SCCCC1OCCO1. The number of rotatable bonds is 5. The van der Waals surface area contributed by atoms with Crippen LogP contribution in [0.5, 0.6) is 0 Å². The Kier molecular flexibility index (Phi) is 5.77. The van der Waals surface area contributed by atoms with Gasteiger partial charge < -0.3 is 9.47 Å². The molecule has 4 heteroatoms. The first-order chi connectivity index (χ1) is 7.86. The lowest BCUT2D eigenvalue weighted by atomic mass is 10.00. The molecule has 2 rings (SSSR count). The minimum Gasteiger partial charge on any atom is -0.350 e. The zero-order chi connectivity index (χ0) is 11.2. The highest BCUT2D eigenvalue weighted by molar-refractivity contribution is 8.00. The Labute approximate surface area is 107 Å². The van der Waals surface area contributed by atoms with Crippen LogP contribution in [0.3, 0.4) is 0 Å². The van der Waals surface area contributed by atoms with Crippen LogP contribution in [0, 0.1) is 0 Å². The van der Waals surface area contributed by atoms with Crippen LogP contribution in [0.15, 0.2) is 0 Å². The molecule has 0 amide bonds. The molecule has 16 heavy (non-hydrogen) atoms. The van der Waals surface area contributed by atoms with Crippen molar-refractivity contribution >= 4 is 23.4 Å². The Bertz CT molecular complexity index is 197. The second kappa shape index (κ2) is 7.10. The molecule has 0 aromatic rings. The van der Waals surface area contributed by atoms with E-state index in [1.54, 1.807) is 0 Å². The molecule has 1 aliphatic heterocycles. The summed E-state index contributed by atoms with van der Waals surface area (Å²) in [6.45, 7) is 1.54. The summed E-state index contributed by atoms with van der Waals surface area (Å²) in [5, 5.41) is 1.08. The molecule has 1 aliphatic carbocycles. The largest absolute Gasteiger partial charge is 0.350 e. The summed E-state index contributed by atoms with van der Waals surface area (Å²) in [6, 6.07) is 0. The van der Waals surface area contributed by atoms with Crippen molar-refractivity contribution in [3.8, 4) is 0 Å². The standard InChI is InChI=1S/C12H21ClO2S/c13-10-4-1-2-5-11(10)16-9-3-6-12-14-7-8-15-12/h10-12H,1-9H2. The maximum absolute atomic E-state index is 6.32. The van der Waals surface area contributed by atoms with Crippen molar-refractivity contribution in [2.45, 2.75) is 55.4 Å². The topological polar surface area (TPSA) is 18.5 Å². The molecule has 1 saturated carbocycles. The van der Waals surface area contributed by atoms with Gasteiger partial charge in [-0.05, 0) is 31.4 Å². The summed E-state index contributed by atoms with van der Waals surface area (Å²) < 4.78 is 10.8. The van der Waals surface area contributed by atoms with E-state index in [0.717, 1.165) is 19.6 Å². The normalized spacial score (nSPS) is 32.1. The third-order valence-electron chi connectivity index (χ3n) is 3.23. The summed E-state index contributed by atoms with van der Waals surface area (Å²) in [4.78, 5) is 0. The number of hydrogen-bond acceptors (Lipinski definition) is 3. The predicted octanol–water partition coefficient (Wildman–Crippen LogP) is 3.42. The summed E-state index contributed by atoms with van der Waals surface area (Å²) in [6.07, 6.45) is 7.45. The molecule has 0 radical (unpaired) electrons. The minimum atomic E-state index is 0.0683. The smallest absolute Gasteiger partial charge is 0.157 e. The number of ether oxygens (including phenoxy) is 2. The van der Waals surface area contributed by atoms with Gasteiger partial charge in [0, 0.05) is 10.6 Å². The van der Waals surface area contributed by atoms with Gasteiger partial charge in [-0.15, -0.1) is 11.6 Å². The molecule has 0 aromatic heterocycles. The molecule has 2 fully saturated rings. The molecule has 0 bridgehead atoms. The quantitative estimate of drug-likeness (QED) is 0.560. The Morgan fingerprint density at radius 2 is 1.88 bits per heavy atom. The van der Waals surface area contributed by atoms with Gasteiger partial charge in [-0.2, -0.15) is 11.8 Å².